The molecule has 1 saturated carbocycles. The van der Waals surface area contributed by atoms with E-state index in [1.807, 2.05) is 6.92 Å². The van der Waals surface area contributed by atoms with Crippen molar-refractivity contribution in [3.8, 4) is 0 Å². The molecule has 1 unspecified atom stereocenters. The maximum absolute atomic E-state index is 5.65. The first kappa shape index (κ1) is 13.1. The summed E-state index contributed by atoms with van der Waals surface area (Å²) in [5.41, 5.74) is 5.26. The van der Waals surface area contributed by atoms with Crippen LogP contribution < -0.4 is 11.3 Å². The third-order valence-electron chi connectivity index (χ3n) is 3.44. The molecule has 1 atom stereocenters. The van der Waals surface area contributed by atoms with Crippen LogP contribution in [-0.4, -0.2) is 15.8 Å². The zero-order valence-electron chi connectivity index (χ0n) is 10.5. The second kappa shape index (κ2) is 5.50. The molecule has 17 heavy (non-hydrogen) atoms. The average Bonchev–Trinajstić information content (AvgIpc) is 3.10. The van der Waals surface area contributed by atoms with Gasteiger partial charge in [-0.05, 0) is 42.1 Å². The van der Waals surface area contributed by atoms with E-state index in [0.717, 1.165) is 29.1 Å². The van der Waals surface area contributed by atoms with Gasteiger partial charge in [-0.15, -0.1) is 0 Å². The normalized spacial score (nSPS) is 17.4. The van der Waals surface area contributed by atoms with E-state index in [1.165, 1.54) is 25.0 Å². The third-order valence-corrected chi connectivity index (χ3v) is 4.47. The predicted molar refractivity (Wildman–Crippen MR) is 72.5 cm³/mol. The standard InChI is InChI=1S/C12H21BrN4/c1-3-17-11(12(13)8(2)16-17)7-10(15-14)6-9-4-5-9/h9-10,15H,3-7,14H2,1-2H3. The Morgan fingerprint density at radius 3 is 2.82 bits per heavy atom. The van der Waals surface area contributed by atoms with Gasteiger partial charge in [-0.3, -0.25) is 16.0 Å². The number of aromatic nitrogens is 2. The Morgan fingerprint density at radius 2 is 2.29 bits per heavy atom. The molecule has 1 aliphatic rings. The Kier molecular flexibility index (Phi) is 4.22. The van der Waals surface area contributed by atoms with Gasteiger partial charge < -0.3 is 0 Å². The highest BCUT2D eigenvalue weighted by atomic mass is 79.9. The Bertz CT molecular complexity index is 384. The summed E-state index contributed by atoms with van der Waals surface area (Å²) in [7, 11) is 0. The van der Waals surface area contributed by atoms with Crippen molar-refractivity contribution in [2.75, 3.05) is 0 Å². The number of hydrogen-bond donors (Lipinski definition) is 2. The van der Waals surface area contributed by atoms with E-state index in [-0.39, 0.29) is 0 Å². The molecule has 1 aromatic heterocycles. The maximum atomic E-state index is 5.65. The SMILES string of the molecule is CCn1nc(C)c(Br)c1CC(CC1CC1)NN. The van der Waals surface area contributed by atoms with Crippen molar-refractivity contribution in [2.24, 2.45) is 11.8 Å². The summed E-state index contributed by atoms with van der Waals surface area (Å²) in [5, 5.41) is 4.51. The first-order valence-corrected chi connectivity index (χ1v) is 7.12. The predicted octanol–water partition coefficient (Wildman–Crippen LogP) is 2.15. The van der Waals surface area contributed by atoms with Crippen LogP contribution in [0, 0.1) is 12.8 Å². The highest BCUT2D eigenvalue weighted by Gasteiger charge is 2.26. The van der Waals surface area contributed by atoms with Gasteiger partial charge in [0.1, 0.15) is 0 Å². The highest BCUT2D eigenvalue weighted by Crippen LogP contribution is 2.34. The first-order chi connectivity index (χ1) is 8.15. The second-order valence-corrected chi connectivity index (χ2v) is 5.70. The van der Waals surface area contributed by atoms with E-state index >= 15 is 0 Å². The number of nitrogens with zero attached hydrogens (tertiary/aromatic N) is 2. The maximum Gasteiger partial charge on any atom is 0.0738 e. The van der Waals surface area contributed by atoms with Crippen LogP contribution in [0.5, 0.6) is 0 Å². The Morgan fingerprint density at radius 1 is 1.59 bits per heavy atom. The van der Waals surface area contributed by atoms with E-state index in [0.29, 0.717) is 6.04 Å². The first-order valence-electron chi connectivity index (χ1n) is 6.33. The van der Waals surface area contributed by atoms with Crippen LogP contribution in [-0.2, 0) is 13.0 Å². The van der Waals surface area contributed by atoms with Crippen LogP contribution in [0.4, 0.5) is 0 Å². The number of hydrogen-bond acceptors (Lipinski definition) is 3. The number of hydrazine groups is 1. The molecule has 3 N–H and O–H groups in total. The van der Waals surface area contributed by atoms with Gasteiger partial charge in [-0.25, -0.2) is 0 Å². The lowest BCUT2D eigenvalue weighted by Gasteiger charge is -2.16. The van der Waals surface area contributed by atoms with E-state index in [1.54, 1.807) is 0 Å². The minimum Gasteiger partial charge on any atom is -0.271 e. The lowest BCUT2D eigenvalue weighted by molar-refractivity contribution is 0.449. The molecule has 0 amide bonds. The van der Waals surface area contributed by atoms with E-state index in [9.17, 15) is 0 Å². The molecular weight excluding hydrogens is 280 g/mol. The molecule has 1 fully saturated rings. The van der Waals surface area contributed by atoms with Crippen LogP contribution in [0.15, 0.2) is 4.47 Å². The van der Waals surface area contributed by atoms with E-state index in [4.69, 9.17) is 5.84 Å². The topological polar surface area (TPSA) is 55.9 Å². The minimum atomic E-state index is 0.361. The van der Waals surface area contributed by atoms with Crippen LogP contribution in [0.3, 0.4) is 0 Å². The molecule has 4 nitrogen and oxygen atoms in total. The van der Waals surface area contributed by atoms with Gasteiger partial charge in [0.05, 0.1) is 15.9 Å². The molecule has 0 aromatic carbocycles. The molecule has 96 valence electrons. The minimum absolute atomic E-state index is 0.361. The summed E-state index contributed by atoms with van der Waals surface area (Å²) in [6, 6.07) is 0.361. The van der Waals surface area contributed by atoms with Gasteiger partial charge in [0.2, 0.25) is 0 Å². The zero-order valence-corrected chi connectivity index (χ0v) is 12.1. The van der Waals surface area contributed by atoms with Gasteiger partial charge in [0.15, 0.2) is 0 Å². The van der Waals surface area contributed by atoms with Gasteiger partial charge in [-0.1, -0.05) is 12.8 Å². The van der Waals surface area contributed by atoms with Crippen molar-refractivity contribution in [3.63, 3.8) is 0 Å². The van der Waals surface area contributed by atoms with Crippen LogP contribution in [0.1, 0.15) is 37.6 Å². The fraction of sp³-hybridized carbons (Fsp3) is 0.750. The van der Waals surface area contributed by atoms with Gasteiger partial charge in [-0.2, -0.15) is 5.10 Å². The molecule has 2 rings (SSSR count). The van der Waals surface area contributed by atoms with Crippen molar-refractivity contribution < 1.29 is 0 Å². The quantitative estimate of drug-likeness (QED) is 0.625. The van der Waals surface area contributed by atoms with Crippen LogP contribution >= 0.6 is 15.9 Å². The molecule has 1 aromatic rings. The molecule has 0 aliphatic heterocycles. The smallest absolute Gasteiger partial charge is 0.0738 e. The van der Waals surface area contributed by atoms with E-state index in [2.05, 4.69) is 38.1 Å². The molecule has 0 radical (unpaired) electrons. The van der Waals surface area contributed by atoms with Crippen molar-refractivity contribution in [1.29, 1.82) is 0 Å². The van der Waals surface area contributed by atoms with Crippen LogP contribution in [0.25, 0.3) is 0 Å². The molecule has 0 spiro atoms. The number of nitrogens with two attached hydrogens (primary N) is 1. The lowest BCUT2D eigenvalue weighted by Crippen LogP contribution is -2.37. The molecule has 0 bridgehead atoms. The fourth-order valence-corrected chi connectivity index (χ4v) is 2.71. The van der Waals surface area contributed by atoms with E-state index < -0.39 is 0 Å². The van der Waals surface area contributed by atoms with Gasteiger partial charge >= 0.3 is 0 Å². The monoisotopic (exact) mass is 300 g/mol. The molecular formula is C12H21BrN4. The number of aryl methyl sites for hydroxylation is 2. The molecule has 0 saturated heterocycles. The second-order valence-electron chi connectivity index (χ2n) is 4.91. The van der Waals surface area contributed by atoms with Crippen molar-refractivity contribution >= 4 is 15.9 Å². The third kappa shape index (κ3) is 3.09. The largest absolute Gasteiger partial charge is 0.271 e. The summed E-state index contributed by atoms with van der Waals surface area (Å²) in [6.07, 6.45) is 4.86. The van der Waals surface area contributed by atoms with Crippen LogP contribution in [0.2, 0.25) is 0 Å². The lowest BCUT2D eigenvalue weighted by atomic mass is 10.1. The van der Waals surface area contributed by atoms with Gasteiger partial charge in [0.25, 0.3) is 0 Å². The summed E-state index contributed by atoms with van der Waals surface area (Å²) < 4.78 is 3.20. The number of nitrogens with one attached hydrogen (secondary N) is 1. The summed E-state index contributed by atoms with van der Waals surface area (Å²) in [6.45, 7) is 5.06. The Labute approximate surface area is 111 Å². The van der Waals surface area contributed by atoms with Crippen molar-refractivity contribution in [3.05, 3.63) is 15.9 Å². The molecule has 5 heteroatoms. The zero-order chi connectivity index (χ0) is 12.4. The summed E-state index contributed by atoms with van der Waals surface area (Å²) in [4.78, 5) is 0. The van der Waals surface area contributed by atoms with Gasteiger partial charge in [0, 0.05) is 19.0 Å². The van der Waals surface area contributed by atoms with Crippen molar-refractivity contribution in [2.45, 2.75) is 52.1 Å². The Hall–Kier alpha value is -0.390. The summed E-state index contributed by atoms with van der Waals surface area (Å²) >= 11 is 3.63. The number of rotatable bonds is 6. The number of halogens is 1. The highest BCUT2D eigenvalue weighted by molar-refractivity contribution is 9.10. The molecule has 1 aliphatic carbocycles. The molecule has 1 heterocycles. The summed E-state index contributed by atoms with van der Waals surface area (Å²) in [5.74, 6) is 6.53. The Balaban J connectivity index is 2.09. The average molecular weight is 301 g/mol. The van der Waals surface area contributed by atoms with Crippen molar-refractivity contribution in [1.82, 2.24) is 15.2 Å². The fourth-order valence-electron chi connectivity index (χ4n) is 2.26.